The number of hydrogen-bond donors (Lipinski definition) is 2. The third-order valence-electron chi connectivity index (χ3n) is 1.67. The summed E-state index contributed by atoms with van der Waals surface area (Å²) in [6, 6.07) is 0. The lowest BCUT2D eigenvalue weighted by molar-refractivity contribution is -0.275. The highest BCUT2D eigenvalue weighted by molar-refractivity contribution is 5.89. The van der Waals surface area contributed by atoms with Crippen molar-refractivity contribution in [1.29, 1.82) is 0 Å². The third-order valence-corrected chi connectivity index (χ3v) is 1.67. The molecule has 5 nitrogen and oxygen atoms in total. The maximum absolute atomic E-state index is 12.4. The Kier molecular flexibility index (Phi) is 3.39. The lowest BCUT2D eigenvalue weighted by Crippen LogP contribution is -2.20. The number of hydrogen-bond acceptors (Lipinski definition) is 4. The highest BCUT2D eigenvalue weighted by Crippen LogP contribution is 2.34. The Hall–Kier alpha value is -2.06. The molecule has 0 spiro atoms. The van der Waals surface area contributed by atoms with E-state index in [1.54, 1.807) is 0 Å². The monoisotopic (exact) mass is 255 g/mol. The van der Waals surface area contributed by atoms with Gasteiger partial charge in [0.2, 0.25) is 0 Å². The van der Waals surface area contributed by atoms with Crippen LogP contribution in [-0.4, -0.2) is 27.5 Å². The highest BCUT2D eigenvalue weighted by Gasteiger charge is 2.35. The molecule has 1 rings (SSSR count). The van der Waals surface area contributed by atoms with Gasteiger partial charge in [0.15, 0.2) is 11.4 Å². The van der Waals surface area contributed by atoms with E-state index in [4.69, 9.17) is 10.2 Å². The molecule has 0 aliphatic rings. The molecule has 0 atom stereocenters. The Morgan fingerprint density at radius 1 is 1.47 bits per heavy atom. The SMILES string of the molecule is O=C(O)c1ncc(O)c(CF)c1OC(F)(F)F. The molecule has 94 valence electrons. The molecule has 17 heavy (non-hydrogen) atoms. The van der Waals surface area contributed by atoms with Crippen molar-refractivity contribution in [2.45, 2.75) is 13.0 Å². The zero-order valence-electron chi connectivity index (χ0n) is 7.95. The Morgan fingerprint density at radius 2 is 2.06 bits per heavy atom. The summed E-state index contributed by atoms with van der Waals surface area (Å²) in [7, 11) is 0. The number of carboxylic acid groups (broad SMARTS) is 1. The van der Waals surface area contributed by atoms with Gasteiger partial charge in [-0.25, -0.2) is 14.2 Å². The van der Waals surface area contributed by atoms with Gasteiger partial charge in [-0.3, -0.25) is 0 Å². The topological polar surface area (TPSA) is 79.7 Å². The van der Waals surface area contributed by atoms with Crippen LogP contribution in [0.3, 0.4) is 0 Å². The number of aromatic hydroxyl groups is 1. The predicted molar refractivity (Wildman–Crippen MR) is 44.4 cm³/mol. The summed E-state index contributed by atoms with van der Waals surface area (Å²) in [5.74, 6) is -4.11. The van der Waals surface area contributed by atoms with Crippen molar-refractivity contribution in [3.63, 3.8) is 0 Å². The quantitative estimate of drug-likeness (QED) is 0.806. The molecular formula is C8H5F4NO4. The van der Waals surface area contributed by atoms with Crippen LogP contribution in [0.4, 0.5) is 17.6 Å². The molecule has 0 aromatic carbocycles. The standard InChI is InChI=1S/C8H5F4NO4/c9-1-3-4(14)2-13-5(7(15)16)6(3)17-8(10,11)12/h2,14H,1H2,(H,15,16). The number of carbonyl (C=O) groups is 1. The van der Waals surface area contributed by atoms with Crippen LogP contribution in [0.25, 0.3) is 0 Å². The van der Waals surface area contributed by atoms with Gasteiger partial charge in [-0.2, -0.15) is 0 Å². The molecule has 2 N–H and O–H groups in total. The number of halogens is 4. The van der Waals surface area contributed by atoms with Crippen LogP contribution in [0.5, 0.6) is 11.5 Å². The van der Waals surface area contributed by atoms with E-state index >= 15 is 0 Å². The molecule has 1 heterocycles. The molecule has 0 aliphatic carbocycles. The first kappa shape index (κ1) is 13.0. The molecule has 9 heteroatoms. The summed E-state index contributed by atoms with van der Waals surface area (Å²) in [6.45, 7) is -1.53. The second-order valence-electron chi connectivity index (χ2n) is 2.79. The number of aromatic nitrogens is 1. The predicted octanol–water partition coefficient (Wildman–Crippen LogP) is 1.85. The molecule has 0 amide bonds. The Balaban J connectivity index is 3.39. The Morgan fingerprint density at radius 3 is 2.47 bits per heavy atom. The van der Waals surface area contributed by atoms with Crippen molar-refractivity contribution in [3.05, 3.63) is 17.5 Å². The van der Waals surface area contributed by atoms with E-state index in [1.807, 2.05) is 0 Å². The molecule has 0 aliphatic heterocycles. The van der Waals surface area contributed by atoms with E-state index in [-0.39, 0.29) is 0 Å². The number of aromatic carboxylic acids is 1. The number of pyridine rings is 1. The van der Waals surface area contributed by atoms with E-state index in [0.717, 1.165) is 0 Å². The van der Waals surface area contributed by atoms with E-state index in [2.05, 4.69) is 9.72 Å². The van der Waals surface area contributed by atoms with Crippen LogP contribution in [0.15, 0.2) is 6.20 Å². The van der Waals surface area contributed by atoms with Crippen molar-refractivity contribution in [2.24, 2.45) is 0 Å². The fraction of sp³-hybridized carbons (Fsp3) is 0.250. The summed E-state index contributed by atoms with van der Waals surface area (Å²) in [6.07, 6.45) is -4.69. The molecule has 0 fully saturated rings. The molecule has 0 radical (unpaired) electrons. The molecule has 1 aromatic heterocycles. The number of carboxylic acids is 1. The van der Waals surface area contributed by atoms with Gasteiger partial charge in [-0.1, -0.05) is 0 Å². The fourth-order valence-corrected chi connectivity index (χ4v) is 1.03. The second-order valence-corrected chi connectivity index (χ2v) is 2.79. The zero-order chi connectivity index (χ0) is 13.2. The summed E-state index contributed by atoms with van der Waals surface area (Å²) in [5, 5.41) is 17.6. The second kappa shape index (κ2) is 4.44. The van der Waals surface area contributed by atoms with Crippen molar-refractivity contribution >= 4 is 5.97 Å². The molecule has 1 aromatic rings. The lowest BCUT2D eigenvalue weighted by atomic mass is 10.2. The maximum atomic E-state index is 12.4. The molecule has 0 unspecified atom stereocenters. The van der Waals surface area contributed by atoms with Crippen molar-refractivity contribution < 1.29 is 37.3 Å². The average Bonchev–Trinajstić information content (AvgIpc) is 2.15. The number of rotatable bonds is 3. The van der Waals surface area contributed by atoms with E-state index in [9.17, 15) is 22.4 Å². The molecule has 0 bridgehead atoms. The number of ether oxygens (including phenoxy) is 1. The number of nitrogens with zero attached hydrogens (tertiary/aromatic N) is 1. The minimum Gasteiger partial charge on any atom is -0.506 e. The van der Waals surface area contributed by atoms with Crippen molar-refractivity contribution in [2.75, 3.05) is 0 Å². The van der Waals surface area contributed by atoms with Gasteiger partial charge < -0.3 is 14.9 Å². The number of alkyl halides is 4. The molecule has 0 saturated carbocycles. The van der Waals surface area contributed by atoms with Crippen molar-refractivity contribution in [3.8, 4) is 11.5 Å². The smallest absolute Gasteiger partial charge is 0.506 e. The van der Waals surface area contributed by atoms with Crippen LogP contribution in [-0.2, 0) is 6.67 Å². The van der Waals surface area contributed by atoms with Gasteiger partial charge in [0, 0.05) is 0 Å². The lowest BCUT2D eigenvalue weighted by Gasteiger charge is -2.14. The van der Waals surface area contributed by atoms with Crippen LogP contribution in [0, 0.1) is 0 Å². The van der Waals surface area contributed by atoms with Gasteiger partial charge in [0.25, 0.3) is 0 Å². The van der Waals surface area contributed by atoms with Gasteiger partial charge in [-0.15, -0.1) is 13.2 Å². The third kappa shape index (κ3) is 2.95. The van der Waals surface area contributed by atoms with E-state index in [1.165, 1.54) is 0 Å². The first-order valence-electron chi connectivity index (χ1n) is 4.02. The highest BCUT2D eigenvalue weighted by atomic mass is 19.4. The largest absolute Gasteiger partial charge is 0.573 e. The maximum Gasteiger partial charge on any atom is 0.573 e. The van der Waals surface area contributed by atoms with Crippen LogP contribution < -0.4 is 4.74 Å². The molecule has 0 saturated heterocycles. The average molecular weight is 255 g/mol. The summed E-state index contributed by atoms with van der Waals surface area (Å²) >= 11 is 0. The minimum atomic E-state index is -5.22. The van der Waals surface area contributed by atoms with Gasteiger partial charge >= 0.3 is 12.3 Å². The van der Waals surface area contributed by atoms with Gasteiger partial charge in [-0.05, 0) is 0 Å². The normalized spacial score (nSPS) is 11.3. The summed E-state index contributed by atoms with van der Waals surface area (Å²) < 4.78 is 51.7. The van der Waals surface area contributed by atoms with Crippen molar-refractivity contribution in [1.82, 2.24) is 4.98 Å². The first-order valence-corrected chi connectivity index (χ1v) is 4.02. The van der Waals surface area contributed by atoms with Crippen LogP contribution in [0.1, 0.15) is 16.1 Å². The zero-order valence-corrected chi connectivity index (χ0v) is 7.95. The summed E-state index contributed by atoms with van der Waals surface area (Å²) in [5.41, 5.74) is -2.05. The molecular weight excluding hydrogens is 250 g/mol. The van der Waals surface area contributed by atoms with Crippen LogP contribution in [0.2, 0.25) is 0 Å². The van der Waals surface area contributed by atoms with Gasteiger partial charge in [0.1, 0.15) is 12.4 Å². The van der Waals surface area contributed by atoms with Crippen LogP contribution >= 0.6 is 0 Å². The van der Waals surface area contributed by atoms with Gasteiger partial charge in [0.05, 0.1) is 11.8 Å². The Labute approximate surface area is 91.3 Å². The summed E-state index contributed by atoms with van der Waals surface area (Å²) in [4.78, 5) is 13.6. The first-order chi connectivity index (χ1) is 7.76. The minimum absolute atomic E-state index is 0.529. The van der Waals surface area contributed by atoms with E-state index < -0.39 is 41.8 Å². The fourth-order valence-electron chi connectivity index (χ4n) is 1.03. The Bertz CT molecular complexity index is 446. The van der Waals surface area contributed by atoms with E-state index in [0.29, 0.717) is 6.20 Å².